The topological polar surface area (TPSA) is 70.0 Å². The Bertz CT molecular complexity index is 825. The molecule has 22 heavy (non-hydrogen) atoms. The number of rotatable bonds is 1. The first-order valence-corrected chi connectivity index (χ1v) is 6.89. The quantitative estimate of drug-likeness (QED) is 0.452. The van der Waals surface area contributed by atoms with Crippen molar-refractivity contribution < 1.29 is 0 Å². The van der Waals surface area contributed by atoms with Crippen LogP contribution in [-0.2, 0) is 0 Å². The Balaban J connectivity index is 0.000000882. The second kappa shape index (κ2) is 6.39. The molecule has 0 aliphatic heterocycles. The molecule has 0 bridgehead atoms. The van der Waals surface area contributed by atoms with Crippen molar-refractivity contribution in [2.45, 2.75) is 0 Å². The van der Waals surface area contributed by atoms with Gasteiger partial charge in [-0.1, -0.05) is 84.9 Å². The van der Waals surface area contributed by atoms with E-state index in [2.05, 4.69) is 84.9 Å². The fraction of sp³-hybridized carbons (Fsp3) is 0. The molecule has 0 radical (unpaired) electrons. The largest absolute Gasteiger partial charge is 0.344 e. The molecule has 0 aromatic heterocycles. The average molecular weight is 288 g/mol. The Morgan fingerprint density at radius 1 is 0.364 bits per heavy atom. The summed E-state index contributed by atoms with van der Waals surface area (Å²) in [5, 5.41) is 5.20. The van der Waals surface area contributed by atoms with Crippen LogP contribution in [-0.4, -0.2) is 0 Å². The molecule has 0 aliphatic rings. The Morgan fingerprint density at radius 2 is 0.727 bits per heavy atom. The summed E-state index contributed by atoms with van der Waals surface area (Å²) in [6, 6.07) is 30.2. The van der Waals surface area contributed by atoms with Gasteiger partial charge in [0.25, 0.3) is 0 Å². The summed E-state index contributed by atoms with van der Waals surface area (Å²) < 4.78 is 0. The molecule has 0 saturated carbocycles. The molecule has 4 rings (SSSR count). The Hall–Kier alpha value is -2.68. The minimum absolute atomic E-state index is 0. The third-order valence-corrected chi connectivity index (χ3v) is 3.87. The third kappa shape index (κ3) is 2.46. The van der Waals surface area contributed by atoms with Crippen LogP contribution < -0.4 is 12.3 Å². The van der Waals surface area contributed by atoms with E-state index >= 15 is 0 Å². The second-order valence-corrected chi connectivity index (χ2v) is 5.05. The third-order valence-electron chi connectivity index (χ3n) is 3.87. The molecule has 4 aromatic rings. The average Bonchev–Trinajstić information content (AvgIpc) is 2.54. The van der Waals surface area contributed by atoms with Crippen molar-refractivity contribution in [2.24, 2.45) is 0 Å². The van der Waals surface area contributed by atoms with Crippen molar-refractivity contribution >= 4 is 21.5 Å². The predicted octanol–water partition coefficient (Wildman–Crippen LogP) is 5.98. The molecule has 0 aliphatic carbocycles. The normalized spacial score (nSPS) is 10.0. The van der Waals surface area contributed by atoms with Crippen LogP contribution in [0.5, 0.6) is 0 Å². The first-order valence-electron chi connectivity index (χ1n) is 6.89. The van der Waals surface area contributed by atoms with E-state index < -0.39 is 0 Å². The van der Waals surface area contributed by atoms with Gasteiger partial charge in [0, 0.05) is 0 Å². The zero-order valence-corrected chi connectivity index (χ0v) is 12.5. The van der Waals surface area contributed by atoms with Gasteiger partial charge < -0.3 is 12.3 Å². The molecular formula is C20H20N2. The molecule has 2 heteroatoms. The Kier molecular flexibility index (Phi) is 4.56. The minimum Gasteiger partial charge on any atom is -0.344 e. The summed E-state index contributed by atoms with van der Waals surface area (Å²) in [4.78, 5) is 0. The van der Waals surface area contributed by atoms with E-state index in [0.717, 1.165) is 0 Å². The van der Waals surface area contributed by atoms with E-state index in [1.807, 2.05) is 0 Å². The first kappa shape index (κ1) is 15.7. The lowest BCUT2D eigenvalue weighted by Gasteiger charge is -2.10. The Labute approximate surface area is 130 Å². The van der Waals surface area contributed by atoms with Crippen LogP contribution in [0.15, 0.2) is 84.9 Å². The molecule has 110 valence electrons. The summed E-state index contributed by atoms with van der Waals surface area (Å²) in [7, 11) is 0. The van der Waals surface area contributed by atoms with Gasteiger partial charge >= 0.3 is 0 Å². The van der Waals surface area contributed by atoms with E-state index in [4.69, 9.17) is 0 Å². The van der Waals surface area contributed by atoms with Crippen molar-refractivity contribution in [2.75, 3.05) is 0 Å². The summed E-state index contributed by atoms with van der Waals surface area (Å²) in [6.45, 7) is 0. The van der Waals surface area contributed by atoms with E-state index in [9.17, 15) is 0 Å². The van der Waals surface area contributed by atoms with Crippen molar-refractivity contribution in [1.82, 2.24) is 12.3 Å². The summed E-state index contributed by atoms with van der Waals surface area (Å²) >= 11 is 0. The van der Waals surface area contributed by atoms with Crippen LogP contribution in [0.3, 0.4) is 0 Å². The fourth-order valence-corrected chi connectivity index (χ4v) is 2.92. The summed E-state index contributed by atoms with van der Waals surface area (Å²) in [5.41, 5.74) is 2.61. The smallest absolute Gasteiger partial charge is 0.00992 e. The van der Waals surface area contributed by atoms with Crippen LogP contribution >= 0.6 is 0 Å². The lowest BCUT2D eigenvalue weighted by atomic mass is 9.94. The molecule has 2 nitrogen and oxygen atoms in total. The molecule has 0 amide bonds. The SMILES string of the molecule is N.N.c1ccc2c(-c3cccc4ccccc34)cccc2c1. The summed E-state index contributed by atoms with van der Waals surface area (Å²) in [5.74, 6) is 0. The van der Waals surface area contributed by atoms with Gasteiger partial charge in [-0.2, -0.15) is 0 Å². The lowest BCUT2D eigenvalue weighted by Crippen LogP contribution is -1.83. The van der Waals surface area contributed by atoms with Crippen LogP contribution in [0.25, 0.3) is 32.7 Å². The summed E-state index contributed by atoms with van der Waals surface area (Å²) in [6.07, 6.45) is 0. The highest BCUT2D eigenvalue weighted by Gasteiger charge is 2.06. The highest BCUT2D eigenvalue weighted by Crippen LogP contribution is 2.33. The predicted molar refractivity (Wildman–Crippen MR) is 96.9 cm³/mol. The molecule has 0 atom stereocenters. The van der Waals surface area contributed by atoms with Gasteiger partial charge in [-0.3, -0.25) is 0 Å². The van der Waals surface area contributed by atoms with Crippen molar-refractivity contribution in [3.8, 4) is 11.1 Å². The van der Waals surface area contributed by atoms with Crippen LogP contribution in [0.1, 0.15) is 0 Å². The Morgan fingerprint density at radius 3 is 1.18 bits per heavy atom. The lowest BCUT2D eigenvalue weighted by molar-refractivity contribution is 1.68. The maximum Gasteiger partial charge on any atom is -0.00992 e. The molecule has 6 N–H and O–H groups in total. The van der Waals surface area contributed by atoms with Gasteiger partial charge in [0.05, 0.1) is 0 Å². The van der Waals surface area contributed by atoms with E-state index in [0.29, 0.717) is 0 Å². The van der Waals surface area contributed by atoms with E-state index in [1.165, 1.54) is 32.7 Å². The molecule has 4 aromatic carbocycles. The zero-order chi connectivity index (χ0) is 13.4. The van der Waals surface area contributed by atoms with Gasteiger partial charge in [-0.15, -0.1) is 0 Å². The number of benzene rings is 4. The highest BCUT2D eigenvalue weighted by molar-refractivity contribution is 6.05. The van der Waals surface area contributed by atoms with Gasteiger partial charge in [-0.05, 0) is 32.7 Å². The number of hydrogen-bond donors (Lipinski definition) is 2. The zero-order valence-electron chi connectivity index (χ0n) is 12.5. The first-order chi connectivity index (χ1) is 9.93. The maximum atomic E-state index is 2.21. The minimum atomic E-state index is 0. The standard InChI is InChI=1S/C20H14.2H3N/c1-3-11-17-15(7-1)9-5-13-19(17)20-14-6-10-16-8-2-4-12-18(16)20;;/h1-14H;2*1H3. The van der Waals surface area contributed by atoms with Gasteiger partial charge in [-0.25, -0.2) is 0 Å². The van der Waals surface area contributed by atoms with Gasteiger partial charge in [0.2, 0.25) is 0 Å². The molecule has 0 spiro atoms. The molecule has 0 saturated heterocycles. The molecule has 0 heterocycles. The van der Waals surface area contributed by atoms with Crippen LogP contribution in [0, 0.1) is 0 Å². The van der Waals surface area contributed by atoms with Crippen molar-refractivity contribution in [3.63, 3.8) is 0 Å². The molecule has 0 unspecified atom stereocenters. The van der Waals surface area contributed by atoms with Gasteiger partial charge in [0.15, 0.2) is 0 Å². The van der Waals surface area contributed by atoms with E-state index in [1.54, 1.807) is 0 Å². The number of fused-ring (bicyclic) bond motifs is 2. The van der Waals surface area contributed by atoms with E-state index in [-0.39, 0.29) is 12.3 Å². The molecule has 0 fully saturated rings. The van der Waals surface area contributed by atoms with Crippen LogP contribution in [0.4, 0.5) is 0 Å². The monoisotopic (exact) mass is 288 g/mol. The highest BCUT2D eigenvalue weighted by atomic mass is 14.1. The van der Waals surface area contributed by atoms with Crippen molar-refractivity contribution in [1.29, 1.82) is 0 Å². The van der Waals surface area contributed by atoms with Crippen LogP contribution in [0.2, 0.25) is 0 Å². The fourth-order valence-electron chi connectivity index (χ4n) is 2.92. The second-order valence-electron chi connectivity index (χ2n) is 5.05. The number of hydrogen-bond acceptors (Lipinski definition) is 2. The van der Waals surface area contributed by atoms with Gasteiger partial charge in [0.1, 0.15) is 0 Å². The maximum absolute atomic E-state index is 2.21. The molecular weight excluding hydrogens is 268 g/mol. The van der Waals surface area contributed by atoms with Crippen molar-refractivity contribution in [3.05, 3.63) is 84.9 Å².